The fourth-order valence-corrected chi connectivity index (χ4v) is 7.07. The van der Waals surface area contributed by atoms with Crippen molar-refractivity contribution in [2.24, 2.45) is 0 Å². The van der Waals surface area contributed by atoms with Crippen molar-refractivity contribution >= 4 is 68.9 Å². The monoisotopic (exact) mass is 650 g/mol. The van der Waals surface area contributed by atoms with Crippen LogP contribution >= 0.6 is 39.5 Å². The lowest BCUT2D eigenvalue weighted by Gasteiger charge is -2.49. The summed E-state index contributed by atoms with van der Waals surface area (Å²) >= 11 is 5.69. The van der Waals surface area contributed by atoms with Gasteiger partial charge in [0.15, 0.2) is 11.8 Å². The van der Waals surface area contributed by atoms with Crippen LogP contribution in [0.25, 0.3) is 5.65 Å². The van der Waals surface area contributed by atoms with Gasteiger partial charge >= 0.3 is 17.6 Å². The number of aliphatic carboxylic acids is 2. The van der Waals surface area contributed by atoms with Gasteiger partial charge in [-0.2, -0.15) is 14.3 Å². The highest BCUT2D eigenvalue weighted by atomic mass is 79.9. The molecule has 3 aromatic rings. The second-order valence-electron chi connectivity index (χ2n) is 8.64. The number of aliphatic hydroxyl groups is 1. The smallest absolute Gasteiger partial charge is 0.367 e. The number of benzene rings is 1. The number of nitrogens with zero attached hydrogens (tertiary/aromatic N) is 5. The van der Waals surface area contributed by atoms with Gasteiger partial charge in [-0.05, 0) is 23.8 Å². The first-order valence-electron chi connectivity index (χ1n) is 11.5. The van der Waals surface area contributed by atoms with Gasteiger partial charge < -0.3 is 20.6 Å². The van der Waals surface area contributed by atoms with E-state index in [9.17, 15) is 34.2 Å². The van der Waals surface area contributed by atoms with Gasteiger partial charge in [-0.3, -0.25) is 19.3 Å². The molecule has 1 aromatic carbocycles. The SMILES string of the molecule is O=C(O)Cn1nc2ccc(SCC3=C(C(=O)O)N4C(=O)C(NC(=O)[C@H](O)c5ccccc5Br)[C@H]4SC3)nn2c1=O. The highest BCUT2D eigenvalue weighted by Crippen LogP contribution is 2.41. The predicted octanol–water partition coefficient (Wildman–Crippen LogP) is 0.302. The number of β-lactam (4-membered cyclic amide) rings is 1. The van der Waals surface area contributed by atoms with Gasteiger partial charge in [-0.1, -0.05) is 34.1 Å². The van der Waals surface area contributed by atoms with Crippen LogP contribution in [0, 0.1) is 0 Å². The number of amides is 2. The van der Waals surface area contributed by atoms with E-state index >= 15 is 0 Å². The molecule has 2 aromatic heterocycles. The van der Waals surface area contributed by atoms with Crippen molar-refractivity contribution in [2.45, 2.75) is 29.1 Å². The molecule has 0 saturated carbocycles. The minimum atomic E-state index is -1.53. The minimum absolute atomic E-state index is 0.138. The van der Waals surface area contributed by atoms with Crippen molar-refractivity contribution in [2.75, 3.05) is 11.5 Å². The third kappa shape index (κ3) is 5.12. The Morgan fingerprint density at radius 1 is 1.15 bits per heavy atom. The first-order valence-corrected chi connectivity index (χ1v) is 14.3. The Hall–Kier alpha value is -3.67. The van der Waals surface area contributed by atoms with Crippen LogP contribution in [0.2, 0.25) is 0 Å². The number of aromatic nitrogens is 4. The number of nitrogens with one attached hydrogen (secondary N) is 1. The van der Waals surface area contributed by atoms with E-state index in [4.69, 9.17) is 5.11 Å². The summed E-state index contributed by atoms with van der Waals surface area (Å²) in [5.74, 6) is -3.54. The summed E-state index contributed by atoms with van der Waals surface area (Å²) in [6.45, 7) is -0.619. The van der Waals surface area contributed by atoms with Crippen molar-refractivity contribution in [3.63, 3.8) is 0 Å². The Bertz CT molecular complexity index is 1660. The van der Waals surface area contributed by atoms with Gasteiger partial charge in [0.05, 0.1) is 0 Å². The molecule has 2 aliphatic rings. The number of rotatable bonds is 9. The molecule has 208 valence electrons. The molecule has 14 nitrogen and oxygen atoms in total. The zero-order chi connectivity index (χ0) is 28.7. The van der Waals surface area contributed by atoms with Gasteiger partial charge in [0.1, 0.15) is 28.7 Å². The van der Waals surface area contributed by atoms with Gasteiger partial charge in [0.25, 0.3) is 11.8 Å². The number of fused-ring (bicyclic) bond motifs is 2. The molecule has 0 spiro atoms. The maximum atomic E-state index is 13.0. The Morgan fingerprint density at radius 3 is 2.60 bits per heavy atom. The maximum Gasteiger partial charge on any atom is 0.367 e. The Balaban J connectivity index is 1.29. The summed E-state index contributed by atoms with van der Waals surface area (Å²) in [6.07, 6.45) is -1.53. The number of carboxylic acids is 2. The molecule has 0 aliphatic carbocycles. The second-order valence-corrected chi connectivity index (χ2v) is 11.6. The summed E-state index contributed by atoms with van der Waals surface area (Å²) < 4.78 is 2.25. The highest BCUT2D eigenvalue weighted by Gasteiger charge is 2.54. The van der Waals surface area contributed by atoms with E-state index in [1.54, 1.807) is 30.3 Å². The lowest BCUT2D eigenvalue weighted by Crippen LogP contribution is -2.70. The minimum Gasteiger partial charge on any atom is -0.480 e. The zero-order valence-electron chi connectivity index (χ0n) is 20.1. The first-order chi connectivity index (χ1) is 19.1. The highest BCUT2D eigenvalue weighted by molar-refractivity contribution is 9.10. The van der Waals surface area contributed by atoms with Crippen LogP contribution in [-0.2, 0) is 25.7 Å². The lowest BCUT2D eigenvalue weighted by atomic mass is 10.0. The number of carboxylic acid groups (broad SMARTS) is 2. The van der Waals surface area contributed by atoms with Crippen LogP contribution in [0.5, 0.6) is 0 Å². The Labute approximate surface area is 241 Å². The maximum absolute atomic E-state index is 13.0. The van der Waals surface area contributed by atoms with Crippen molar-refractivity contribution in [1.82, 2.24) is 29.6 Å². The van der Waals surface area contributed by atoms with Crippen LogP contribution in [-0.4, -0.2) is 86.3 Å². The summed E-state index contributed by atoms with van der Waals surface area (Å²) in [5, 5.41) is 39.6. The fraction of sp³-hybridized carbons (Fsp3) is 0.261. The second kappa shape index (κ2) is 11.1. The topological polar surface area (TPSA) is 196 Å². The molecule has 1 saturated heterocycles. The lowest BCUT2D eigenvalue weighted by molar-refractivity contribution is -0.151. The molecule has 0 radical (unpaired) electrons. The number of halogens is 1. The molecule has 1 unspecified atom stereocenters. The molecule has 3 atom stereocenters. The Morgan fingerprint density at radius 2 is 1.90 bits per heavy atom. The first kappa shape index (κ1) is 27.9. The van der Waals surface area contributed by atoms with Gasteiger partial charge in [0, 0.05) is 21.5 Å². The van der Waals surface area contributed by atoms with Crippen molar-refractivity contribution in [1.29, 1.82) is 0 Å². The summed E-state index contributed by atoms with van der Waals surface area (Å²) in [7, 11) is 0. The van der Waals surface area contributed by atoms with Gasteiger partial charge in [0.2, 0.25) is 0 Å². The fourth-order valence-electron chi connectivity index (χ4n) is 4.23. The average Bonchev–Trinajstić information content (AvgIpc) is 3.23. The number of thioether (sulfide) groups is 2. The molecule has 4 N–H and O–H groups in total. The number of hydrogen-bond acceptors (Lipinski definition) is 10. The van der Waals surface area contributed by atoms with Crippen LogP contribution in [0.15, 0.2) is 62.0 Å². The molecule has 40 heavy (non-hydrogen) atoms. The number of carbonyl (C=O) groups excluding carboxylic acids is 2. The Kier molecular flexibility index (Phi) is 7.72. The van der Waals surface area contributed by atoms with Crippen molar-refractivity contribution in [3.05, 3.63) is 68.2 Å². The van der Waals surface area contributed by atoms with E-state index in [1.165, 1.54) is 17.8 Å². The van der Waals surface area contributed by atoms with E-state index in [-0.39, 0.29) is 22.8 Å². The number of carbonyl (C=O) groups is 4. The summed E-state index contributed by atoms with van der Waals surface area (Å²) in [4.78, 5) is 62.2. The van der Waals surface area contributed by atoms with Gasteiger partial charge in [-0.15, -0.1) is 28.6 Å². The molecule has 1 fully saturated rings. The quantitative estimate of drug-likeness (QED) is 0.183. The van der Waals surface area contributed by atoms with E-state index in [1.807, 2.05) is 0 Å². The van der Waals surface area contributed by atoms with Crippen LogP contribution < -0.4 is 11.0 Å². The van der Waals surface area contributed by atoms with E-state index in [0.29, 0.717) is 20.6 Å². The summed E-state index contributed by atoms with van der Waals surface area (Å²) in [6, 6.07) is 8.67. The normalized spacial score (nSPS) is 19.2. The molecule has 5 rings (SSSR count). The van der Waals surface area contributed by atoms with E-state index < -0.39 is 53.5 Å². The third-order valence-electron chi connectivity index (χ3n) is 6.09. The average molecular weight is 651 g/mol. The zero-order valence-corrected chi connectivity index (χ0v) is 23.3. The standard InChI is InChI=1S/C23H19BrN6O8S2/c24-12-4-2-1-3-11(12)18(33)19(34)25-16-20(35)29-17(22(36)37)10(9-40-21(16)29)8-39-14-6-5-13-26-28(7-15(31)32)23(38)30(13)27-14/h1-6,16,18,21,33H,7-9H2,(H,25,34)(H,31,32)(H,36,37)/t16?,18-,21-/m1/s1. The molecule has 4 heterocycles. The van der Waals surface area contributed by atoms with E-state index in [0.717, 1.165) is 25.9 Å². The molecular weight excluding hydrogens is 632 g/mol. The third-order valence-corrected chi connectivity index (χ3v) is 9.16. The molecule has 2 amide bonds. The number of aliphatic hydroxyl groups excluding tert-OH is 1. The summed E-state index contributed by atoms with van der Waals surface area (Å²) in [5.41, 5.74) is 0.00619. The van der Waals surface area contributed by atoms with Crippen LogP contribution in [0.4, 0.5) is 0 Å². The molecule has 2 aliphatic heterocycles. The van der Waals surface area contributed by atoms with Crippen molar-refractivity contribution < 1.29 is 34.5 Å². The number of hydrogen-bond donors (Lipinski definition) is 4. The molecule has 17 heteroatoms. The molecule has 0 bridgehead atoms. The largest absolute Gasteiger partial charge is 0.480 e. The van der Waals surface area contributed by atoms with Gasteiger partial charge in [-0.25, -0.2) is 9.59 Å². The molecular formula is C23H19BrN6O8S2. The van der Waals surface area contributed by atoms with Crippen LogP contribution in [0.1, 0.15) is 11.7 Å². The van der Waals surface area contributed by atoms with Crippen LogP contribution in [0.3, 0.4) is 0 Å². The van der Waals surface area contributed by atoms with E-state index in [2.05, 4.69) is 31.4 Å². The van der Waals surface area contributed by atoms with Crippen molar-refractivity contribution in [3.8, 4) is 0 Å². The predicted molar refractivity (Wildman–Crippen MR) is 144 cm³/mol.